The molecule has 1 aliphatic carbocycles. The van der Waals surface area contributed by atoms with Gasteiger partial charge in [-0.1, -0.05) is 134 Å². The van der Waals surface area contributed by atoms with Crippen molar-refractivity contribution >= 4 is 38.8 Å². The minimum atomic E-state index is 0.181. The molecular weight excluding hydrogens is 635 g/mol. The molecule has 5 nitrogen and oxygen atoms in total. The van der Waals surface area contributed by atoms with E-state index in [1.807, 2.05) is 65.7 Å². The monoisotopic (exact) mass is 669 g/mol. The molecule has 3 heterocycles. The van der Waals surface area contributed by atoms with Gasteiger partial charge < -0.3 is 10.6 Å². The Balaban J connectivity index is 1.06. The summed E-state index contributed by atoms with van der Waals surface area (Å²) in [6.07, 6.45) is 15.5. The summed E-state index contributed by atoms with van der Waals surface area (Å²) in [4.78, 5) is 17.5. The Morgan fingerprint density at radius 2 is 1.33 bits per heavy atom. The van der Waals surface area contributed by atoms with Crippen LogP contribution in [0.15, 0.2) is 182 Å². The molecule has 5 aromatic carbocycles. The van der Waals surface area contributed by atoms with E-state index in [0.29, 0.717) is 11.5 Å². The van der Waals surface area contributed by atoms with Crippen LogP contribution in [-0.4, -0.2) is 15.0 Å². The lowest BCUT2D eigenvalue weighted by Crippen LogP contribution is -2.19. The number of anilines is 2. The van der Waals surface area contributed by atoms with Crippen LogP contribution in [0, 0.1) is 0 Å². The number of hydrogen-bond donors (Lipinski definition) is 1. The predicted molar refractivity (Wildman–Crippen MR) is 216 cm³/mol. The van der Waals surface area contributed by atoms with Gasteiger partial charge in [-0.15, -0.1) is 0 Å². The molecule has 5 heteroatoms. The standard InChI is InChI=1S/C47H35N5/c1-31-13-9-10-28-52(31)46-43(48)39-20-5-7-22-41(39)49-45(46)34-26-24-33(25-27-34)36-17-12-19-38(30-36)47-50-42-23-8-6-21-40(42)44(51-47)37-18-11-16-35(29-37)32-14-3-2-4-15-32/h2-24,26-30,33H,1,25H2,(H2,48,49). The zero-order valence-electron chi connectivity index (χ0n) is 28.5. The van der Waals surface area contributed by atoms with E-state index in [1.165, 1.54) is 11.1 Å². The fourth-order valence-corrected chi connectivity index (χ4v) is 7.22. The molecule has 0 bridgehead atoms. The number of rotatable bonds is 6. The van der Waals surface area contributed by atoms with Crippen LogP contribution >= 0.6 is 0 Å². The Kier molecular flexibility index (Phi) is 7.86. The van der Waals surface area contributed by atoms with Crippen molar-refractivity contribution in [2.75, 3.05) is 10.6 Å². The largest absolute Gasteiger partial charge is 0.396 e. The molecule has 1 atom stereocenters. The number of hydrogen-bond acceptors (Lipinski definition) is 5. The average molecular weight is 670 g/mol. The molecule has 2 N–H and O–H groups in total. The molecule has 248 valence electrons. The molecule has 2 aliphatic rings. The summed E-state index contributed by atoms with van der Waals surface area (Å²) in [5.74, 6) is 0.890. The van der Waals surface area contributed by atoms with E-state index in [9.17, 15) is 0 Å². The highest BCUT2D eigenvalue weighted by molar-refractivity contribution is 6.03. The minimum Gasteiger partial charge on any atom is -0.396 e. The van der Waals surface area contributed by atoms with Gasteiger partial charge in [0.05, 0.1) is 33.8 Å². The number of nitrogens with zero attached hydrogens (tertiary/aromatic N) is 4. The number of nitrogens with two attached hydrogens (primary N) is 1. The topological polar surface area (TPSA) is 67.9 Å². The maximum Gasteiger partial charge on any atom is 0.160 e. The minimum absolute atomic E-state index is 0.181. The Morgan fingerprint density at radius 1 is 0.615 bits per heavy atom. The van der Waals surface area contributed by atoms with E-state index in [4.69, 9.17) is 20.7 Å². The molecule has 1 unspecified atom stereocenters. The van der Waals surface area contributed by atoms with E-state index in [0.717, 1.165) is 73.3 Å². The van der Waals surface area contributed by atoms with Gasteiger partial charge in [-0.2, -0.15) is 0 Å². The molecule has 52 heavy (non-hydrogen) atoms. The summed E-state index contributed by atoms with van der Waals surface area (Å²) >= 11 is 0. The quantitative estimate of drug-likeness (QED) is 0.191. The highest BCUT2D eigenvalue weighted by Crippen LogP contribution is 2.42. The fourth-order valence-electron chi connectivity index (χ4n) is 7.22. The third-order valence-electron chi connectivity index (χ3n) is 9.88. The molecule has 0 fully saturated rings. The normalized spacial score (nSPS) is 15.4. The van der Waals surface area contributed by atoms with Crippen molar-refractivity contribution in [1.29, 1.82) is 0 Å². The van der Waals surface area contributed by atoms with Gasteiger partial charge in [0.25, 0.3) is 0 Å². The number of aromatic nitrogens is 3. The Labute approximate surface area is 303 Å². The Morgan fingerprint density at radius 3 is 2.13 bits per heavy atom. The van der Waals surface area contributed by atoms with Gasteiger partial charge in [-0.25, -0.2) is 15.0 Å². The molecule has 0 amide bonds. The molecule has 0 spiro atoms. The lowest BCUT2D eigenvalue weighted by atomic mass is 9.88. The molecule has 0 saturated heterocycles. The van der Waals surface area contributed by atoms with Crippen molar-refractivity contribution in [3.05, 3.63) is 194 Å². The second kappa shape index (κ2) is 13.1. The van der Waals surface area contributed by atoms with E-state index < -0.39 is 0 Å². The van der Waals surface area contributed by atoms with Crippen molar-refractivity contribution in [3.63, 3.8) is 0 Å². The Bertz CT molecular complexity index is 2650. The SMILES string of the molecule is C=C1C=CC=CN1c1c(C2=CCC(c3cccc(-c4nc(-c5cccc(-c6ccccc6)c5)c5ccccc5n4)c3)C=C2)nc2ccccc2c1N. The van der Waals surface area contributed by atoms with Gasteiger partial charge >= 0.3 is 0 Å². The second-order valence-electron chi connectivity index (χ2n) is 13.1. The van der Waals surface area contributed by atoms with Crippen LogP contribution < -0.4 is 10.6 Å². The van der Waals surface area contributed by atoms with Crippen molar-refractivity contribution in [2.45, 2.75) is 12.3 Å². The summed E-state index contributed by atoms with van der Waals surface area (Å²) in [7, 11) is 0. The van der Waals surface area contributed by atoms with Crippen LogP contribution in [-0.2, 0) is 0 Å². The molecule has 0 saturated carbocycles. The summed E-state index contributed by atoms with van der Waals surface area (Å²) in [5.41, 5.74) is 19.4. The molecule has 7 aromatic rings. The van der Waals surface area contributed by atoms with Gasteiger partial charge in [-0.3, -0.25) is 0 Å². The second-order valence-corrected chi connectivity index (χ2v) is 13.1. The van der Waals surface area contributed by atoms with Crippen LogP contribution in [0.1, 0.15) is 23.6 Å². The number of para-hydroxylation sites is 2. The number of allylic oxidation sites excluding steroid dienone is 7. The maximum atomic E-state index is 6.88. The van der Waals surface area contributed by atoms with Gasteiger partial charge in [0, 0.05) is 39.7 Å². The van der Waals surface area contributed by atoms with Crippen molar-refractivity contribution in [2.24, 2.45) is 0 Å². The fraction of sp³-hybridized carbons (Fsp3) is 0.0426. The first-order chi connectivity index (χ1) is 25.6. The summed E-state index contributed by atoms with van der Waals surface area (Å²) < 4.78 is 0. The van der Waals surface area contributed by atoms with Crippen LogP contribution in [0.25, 0.3) is 61.2 Å². The third-order valence-corrected chi connectivity index (χ3v) is 9.88. The molecule has 2 aromatic heterocycles. The van der Waals surface area contributed by atoms with Crippen LogP contribution in [0.5, 0.6) is 0 Å². The van der Waals surface area contributed by atoms with Crippen LogP contribution in [0.4, 0.5) is 11.4 Å². The van der Waals surface area contributed by atoms with Crippen LogP contribution in [0.2, 0.25) is 0 Å². The Hall–Kier alpha value is -6.85. The molecular formula is C47H35N5. The first kappa shape index (κ1) is 31.2. The summed E-state index contributed by atoms with van der Waals surface area (Å²) in [6.45, 7) is 4.28. The van der Waals surface area contributed by atoms with Gasteiger partial charge in [0.1, 0.15) is 0 Å². The van der Waals surface area contributed by atoms with E-state index in [1.54, 1.807) is 0 Å². The lowest BCUT2D eigenvalue weighted by molar-refractivity contribution is 0.856. The number of nitrogen functional groups attached to an aromatic ring is 1. The highest BCUT2D eigenvalue weighted by atomic mass is 15.1. The molecule has 9 rings (SSSR count). The van der Waals surface area contributed by atoms with Crippen molar-refractivity contribution in [3.8, 4) is 33.8 Å². The zero-order valence-corrected chi connectivity index (χ0v) is 28.5. The smallest absolute Gasteiger partial charge is 0.160 e. The number of pyridine rings is 1. The van der Waals surface area contributed by atoms with E-state index >= 15 is 0 Å². The highest BCUT2D eigenvalue weighted by Gasteiger charge is 2.23. The zero-order chi connectivity index (χ0) is 35.0. The maximum absolute atomic E-state index is 6.88. The molecule has 0 radical (unpaired) electrons. The predicted octanol–water partition coefficient (Wildman–Crippen LogP) is 11.3. The van der Waals surface area contributed by atoms with Gasteiger partial charge in [-0.05, 0) is 65.1 Å². The van der Waals surface area contributed by atoms with Gasteiger partial charge in [0.2, 0.25) is 0 Å². The summed E-state index contributed by atoms with van der Waals surface area (Å²) in [6, 6.07) is 44.0. The third kappa shape index (κ3) is 5.68. The first-order valence-corrected chi connectivity index (χ1v) is 17.5. The van der Waals surface area contributed by atoms with Crippen LogP contribution in [0.3, 0.4) is 0 Å². The van der Waals surface area contributed by atoms with Crippen molar-refractivity contribution in [1.82, 2.24) is 15.0 Å². The van der Waals surface area contributed by atoms with Crippen molar-refractivity contribution < 1.29 is 0 Å². The van der Waals surface area contributed by atoms with E-state index in [-0.39, 0.29) is 5.92 Å². The number of fused-ring (bicyclic) bond motifs is 2. The van der Waals surface area contributed by atoms with Gasteiger partial charge in [0.15, 0.2) is 5.82 Å². The number of benzene rings is 5. The lowest BCUT2D eigenvalue weighted by Gasteiger charge is -2.28. The average Bonchev–Trinajstić information content (AvgIpc) is 3.21. The van der Waals surface area contributed by atoms with E-state index in [2.05, 4.69) is 116 Å². The molecule has 1 aliphatic heterocycles. The summed E-state index contributed by atoms with van der Waals surface area (Å²) in [5, 5.41) is 1.96. The first-order valence-electron chi connectivity index (χ1n) is 17.5.